The summed E-state index contributed by atoms with van der Waals surface area (Å²) in [7, 11) is 0. The Balaban J connectivity index is 2.03. The standard InChI is InChI=1S/C16H25N3O/c1-3-9-19-12(2)7-8-15(19)11-13-5-4-6-14(10-13)18-16(17)20/h4-6,10,12,15H,3,7-9,11H2,1-2H3,(H3,17,18,20). The number of hydrogen-bond donors (Lipinski definition) is 2. The molecule has 3 N–H and O–H groups in total. The largest absolute Gasteiger partial charge is 0.351 e. The third-order valence-electron chi connectivity index (χ3n) is 4.10. The summed E-state index contributed by atoms with van der Waals surface area (Å²) in [6.07, 6.45) is 4.78. The summed E-state index contributed by atoms with van der Waals surface area (Å²) in [6.45, 7) is 5.73. The Morgan fingerprint density at radius 2 is 2.25 bits per heavy atom. The van der Waals surface area contributed by atoms with E-state index in [2.05, 4.69) is 30.1 Å². The average molecular weight is 275 g/mol. The minimum Gasteiger partial charge on any atom is -0.351 e. The van der Waals surface area contributed by atoms with Gasteiger partial charge >= 0.3 is 6.03 Å². The molecule has 0 aromatic heterocycles. The minimum atomic E-state index is -0.510. The Hall–Kier alpha value is -1.55. The van der Waals surface area contributed by atoms with Crippen LogP contribution in [0.3, 0.4) is 0 Å². The van der Waals surface area contributed by atoms with Crippen molar-refractivity contribution >= 4 is 11.7 Å². The zero-order chi connectivity index (χ0) is 14.5. The van der Waals surface area contributed by atoms with Crippen LogP contribution in [0.15, 0.2) is 24.3 Å². The Labute approximate surface area is 121 Å². The fourth-order valence-electron chi connectivity index (χ4n) is 3.20. The van der Waals surface area contributed by atoms with E-state index in [1.165, 1.54) is 31.4 Å². The number of primary amides is 1. The number of benzene rings is 1. The van der Waals surface area contributed by atoms with E-state index in [0.29, 0.717) is 12.1 Å². The number of urea groups is 1. The molecule has 0 saturated carbocycles. The number of nitrogens with zero attached hydrogens (tertiary/aromatic N) is 1. The van der Waals surface area contributed by atoms with E-state index in [0.717, 1.165) is 12.1 Å². The molecular formula is C16H25N3O. The second-order valence-corrected chi connectivity index (χ2v) is 5.71. The van der Waals surface area contributed by atoms with Gasteiger partial charge in [0.15, 0.2) is 0 Å². The van der Waals surface area contributed by atoms with Gasteiger partial charge in [0.05, 0.1) is 0 Å². The highest BCUT2D eigenvalue weighted by Crippen LogP contribution is 2.27. The molecule has 1 heterocycles. The van der Waals surface area contributed by atoms with Gasteiger partial charge in [-0.2, -0.15) is 0 Å². The highest BCUT2D eigenvalue weighted by atomic mass is 16.2. The third kappa shape index (κ3) is 3.73. The van der Waals surface area contributed by atoms with E-state index in [1.54, 1.807) is 0 Å². The van der Waals surface area contributed by atoms with Crippen molar-refractivity contribution in [2.75, 3.05) is 11.9 Å². The van der Waals surface area contributed by atoms with Crippen molar-refractivity contribution in [3.8, 4) is 0 Å². The lowest BCUT2D eigenvalue weighted by molar-refractivity contribution is 0.202. The summed E-state index contributed by atoms with van der Waals surface area (Å²) in [5.41, 5.74) is 7.20. The van der Waals surface area contributed by atoms with Gasteiger partial charge in [0.1, 0.15) is 0 Å². The van der Waals surface area contributed by atoms with Gasteiger partial charge in [-0.25, -0.2) is 4.79 Å². The number of nitrogens with two attached hydrogens (primary N) is 1. The molecule has 1 saturated heterocycles. The molecule has 0 bridgehead atoms. The summed E-state index contributed by atoms with van der Waals surface area (Å²) in [4.78, 5) is 13.5. The normalized spacial score (nSPS) is 22.9. The average Bonchev–Trinajstić information content (AvgIpc) is 2.72. The summed E-state index contributed by atoms with van der Waals surface area (Å²) < 4.78 is 0. The van der Waals surface area contributed by atoms with Crippen molar-refractivity contribution in [2.24, 2.45) is 5.73 Å². The lowest BCUT2D eigenvalue weighted by atomic mass is 10.0. The highest BCUT2D eigenvalue weighted by Gasteiger charge is 2.29. The molecule has 110 valence electrons. The van der Waals surface area contributed by atoms with Crippen molar-refractivity contribution in [3.05, 3.63) is 29.8 Å². The number of carbonyl (C=O) groups is 1. The van der Waals surface area contributed by atoms with Crippen LogP contribution in [0.5, 0.6) is 0 Å². The lowest BCUT2D eigenvalue weighted by Gasteiger charge is -2.28. The molecule has 1 aliphatic rings. The van der Waals surface area contributed by atoms with Crippen molar-refractivity contribution in [1.82, 2.24) is 4.90 Å². The first-order valence-corrected chi connectivity index (χ1v) is 7.51. The molecule has 1 aromatic rings. The summed E-state index contributed by atoms with van der Waals surface area (Å²) in [6, 6.07) is 8.79. The molecule has 0 spiro atoms. The Morgan fingerprint density at radius 3 is 2.95 bits per heavy atom. The second kappa shape index (κ2) is 6.75. The van der Waals surface area contributed by atoms with E-state index in [4.69, 9.17) is 5.73 Å². The van der Waals surface area contributed by atoms with Crippen LogP contribution in [0.2, 0.25) is 0 Å². The molecule has 2 amide bonds. The molecule has 0 aliphatic carbocycles. The molecule has 2 atom stereocenters. The Kier molecular flexibility index (Phi) is 5.01. The summed E-state index contributed by atoms with van der Waals surface area (Å²) in [5.74, 6) is 0. The van der Waals surface area contributed by atoms with Crippen LogP contribution < -0.4 is 11.1 Å². The second-order valence-electron chi connectivity index (χ2n) is 5.71. The van der Waals surface area contributed by atoms with Crippen LogP contribution in [0, 0.1) is 0 Å². The van der Waals surface area contributed by atoms with Crippen molar-refractivity contribution in [3.63, 3.8) is 0 Å². The topological polar surface area (TPSA) is 58.4 Å². The summed E-state index contributed by atoms with van der Waals surface area (Å²) >= 11 is 0. The van der Waals surface area contributed by atoms with Crippen LogP contribution in [-0.4, -0.2) is 29.6 Å². The van der Waals surface area contributed by atoms with E-state index in [9.17, 15) is 4.79 Å². The van der Waals surface area contributed by atoms with Crippen LogP contribution >= 0.6 is 0 Å². The number of amides is 2. The molecule has 2 rings (SSSR count). The molecule has 4 heteroatoms. The monoisotopic (exact) mass is 275 g/mol. The zero-order valence-corrected chi connectivity index (χ0v) is 12.4. The SMILES string of the molecule is CCCN1C(C)CCC1Cc1cccc(NC(N)=O)c1. The molecule has 4 nitrogen and oxygen atoms in total. The van der Waals surface area contributed by atoms with Gasteiger partial charge in [-0.1, -0.05) is 19.1 Å². The van der Waals surface area contributed by atoms with Gasteiger partial charge in [0.2, 0.25) is 0 Å². The fraction of sp³-hybridized carbons (Fsp3) is 0.562. The number of nitrogens with one attached hydrogen (secondary N) is 1. The van der Waals surface area contributed by atoms with E-state index in [-0.39, 0.29) is 0 Å². The van der Waals surface area contributed by atoms with Crippen molar-refractivity contribution in [1.29, 1.82) is 0 Å². The molecule has 0 radical (unpaired) electrons. The molecule has 1 fully saturated rings. The predicted molar refractivity (Wildman–Crippen MR) is 82.8 cm³/mol. The summed E-state index contributed by atoms with van der Waals surface area (Å²) in [5, 5.41) is 2.64. The maximum atomic E-state index is 10.9. The fourth-order valence-corrected chi connectivity index (χ4v) is 3.20. The van der Waals surface area contributed by atoms with E-state index in [1.807, 2.05) is 18.2 Å². The number of hydrogen-bond acceptors (Lipinski definition) is 2. The Morgan fingerprint density at radius 1 is 1.45 bits per heavy atom. The van der Waals surface area contributed by atoms with Gasteiger partial charge in [0.25, 0.3) is 0 Å². The van der Waals surface area contributed by atoms with Gasteiger partial charge < -0.3 is 11.1 Å². The maximum absolute atomic E-state index is 10.9. The highest BCUT2D eigenvalue weighted by molar-refractivity contribution is 5.87. The third-order valence-corrected chi connectivity index (χ3v) is 4.10. The van der Waals surface area contributed by atoms with Crippen LogP contribution in [0.4, 0.5) is 10.5 Å². The smallest absolute Gasteiger partial charge is 0.316 e. The number of likely N-dealkylation sites (tertiary alicyclic amines) is 1. The first kappa shape index (κ1) is 14.9. The number of carbonyl (C=O) groups excluding carboxylic acids is 1. The minimum absolute atomic E-state index is 0.510. The molecule has 1 aliphatic heterocycles. The van der Waals surface area contributed by atoms with Crippen LogP contribution in [0.1, 0.15) is 38.7 Å². The number of rotatable bonds is 5. The number of anilines is 1. The molecule has 2 unspecified atom stereocenters. The zero-order valence-electron chi connectivity index (χ0n) is 12.4. The molecule has 20 heavy (non-hydrogen) atoms. The van der Waals surface area contributed by atoms with Crippen molar-refractivity contribution < 1.29 is 4.79 Å². The van der Waals surface area contributed by atoms with Gasteiger partial charge in [-0.3, -0.25) is 4.90 Å². The molecular weight excluding hydrogens is 250 g/mol. The predicted octanol–water partition coefficient (Wildman–Crippen LogP) is 2.98. The van der Waals surface area contributed by atoms with Gasteiger partial charge in [-0.15, -0.1) is 0 Å². The van der Waals surface area contributed by atoms with Gasteiger partial charge in [0, 0.05) is 17.8 Å². The molecule has 1 aromatic carbocycles. The maximum Gasteiger partial charge on any atom is 0.316 e. The van der Waals surface area contributed by atoms with Gasteiger partial charge in [-0.05, 0) is 56.8 Å². The van der Waals surface area contributed by atoms with E-state index < -0.39 is 6.03 Å². The van der Waals surface area contributed by atoms with Crippen LogP contribution in [0.25, 0.3) is 0 Å². The van der Waals surface area contributed by atoms with Crippen LogP contribution in [-0.2, 0) is 6.42 Å². The first-order valence-electron chi connectivity index (χ1n) is 7.51. The van der Waals surface area contributed by atoms with E-state index >= 15 is 0 Å². The quantitative estimate of drug-likeness (QED) is 0.868. The lowest BCUT2D eigenvalue weighted by Crippen LogP contribution is -2.36. The first-order chi connectivity index (χ1) is 9.60. The Bertz CT molecular complexity index is 461. The van der Waals surface area contributed by atoms with Crippen molar-refractivity contribution in [2.45, 2.75) is 51.6 Å².